The summed E-state index contributed by atoms with van der Waals surface area (Å²) in [5.41, 5.74) is 0.641. The van der Waals surface area contributed by atoms with E-state index in [1.807, 2.05) is 35.4 Å². The zero-order valence-electron chi connectivity index (χ0n) is 18.5. The zero-order chi connectivity index (χ0) is 21.8. The third-order valence-electron chi connectivity index (χ3n) is 6.90. The first-order chi connectivity index (χ1) is 15.8. The molecule has 0 radical (unpaired) electrons. The molecule has 1 aromatic heterocycles. The van der Waals surface area contributed by atoms with Crippen LogP contribution in [0, 0.1) is 0 Å². The molecule has 2 aromatic rings. The van der Waals surface area contributed by atoms with Gasteiger partial charge in [-0.05, 0) is 24.5 Å². The smallest absolute Gasteiger partial charge is 0.233 e. The van der Waals surface area contributed by atoms with Crippen LogP contribution in [0.15, 0.2) is 42.6 Å². The molecule has 1 amide bonds. The van der Waals surface area contributed by atoms with Gasteiger partial charge in [0, 0.05) is 58.7 Å². The van der Waals surface area contributed by atoms with Crippen molar-refractivity contribution in [3.05, 3.63) is 48.2 Å². The number of carbonyl (C=O) groups excluding carboxylic acids is 1. The molecule has 3 saturated heterocycles. The Bertz CT molecular complexity index is 905. The van der Waals surface area contributed by atoms with E-state index in [0.29, 0.717) is 39.5 Å². The van der Waals surface area contributed by atoms with Crippen molar-refractivity contribution >= 4 is 17.7 Å². The molecule has 0 spiro atoms. The van der Waals surface area contributed by atoms with E-state index in [-0.39, 0.29) is 5.91 Å². The Hall–Kier alpha value is -2.71. The van der Waals surface area contributed by atoms with Crippen LogP contribution in [-0.4, -0.2) is 86.5 Å². The molecule has 0 atom stereocenters. The summed E-state index contributed by atoms with van der Waals surface area (Å²) < 4.78 is 11.1. The lowest BCUT2D eigenvalue weighted by Gasteiger charge is -2.43. The van der Waals surface area contributed by atoms with E-state index in [2.05, 4.69) is 26.9 Å². The normalized spacial score (nSPS) is 21.4. The molecule has 4 heterocycles. The maximum absolute atomic E-state index is 13.8. The third-order valence-corrected chi connectivity index (χ3v) is 6.90. The number of rotatable bonds is 4. The van der Waals surface area contributed by atoms with Crippen molar-refractivity contribution in [2.75, 3.05) is 75.5 Å². The number of amides is 1. The van der Waals surface area contributed by atoms with Crippen LogP contribution in [0.1, 0.15) is 18.4 Å². The van der Waals surface area contributed by atoms with Crippen molar-refractivity contribution in [3.8, 4) is 0 Å². The van der Waals surface area contributed by atoms with E-state index in [1.54, 1.807) is 0 Å². The fourth-order valence-corrected chi connectivity index (χ4v) is 4.98. The summed E-state index contributed by atoms with van der Waals surface area (Å²) in [6, 6.07) is 12.2. The Morgan fingerprint density at radius 2 is 1.50 bits per heavy atom. The number of hydrogen-bond acceptors (Lipinski definition) is 7. The van der Waals surface area contributed by atoms with Crippen molar-refractivity contribution in [2.24, 2.45) is 0 Å². The average Bonchev–Trinajstić information content (AvgIpc) is 2.90. The molecular formula is C24H31N5O3. The topological polar surface area (TPSA) is 71.0 Å². The summed E-state index contributed by atoms with van der Waals surface area (Å²) >= 11 is 0. The highest BCUT2D eigenvalue weighted by molar-refractivity contribution is 5.88. The largest absolute Gasteiger partial charge is 0.381 e. The maximum Gasteiger partial charge on any atom is 0.233 e. The fourth-order valence-electron chi connectivity index (χ4n) is 4.98. The molecule has 0 unspecified atom stereocenters. The van der Waals surface area contributed by atoms with Crippen LogP contribution in [-0.2, 0) is 19.7 Å². The van der Waals surface area contributed by atoms with Crippen molar-refractivity contribution < 1.29 is 14.3 Å². The lowest BCUT2D eigenvalue weighted by Crippen LogP contribution is -2.56. The highest BCUT2D eigenvalue weighted by Gasteiger charge is 2.44. The Kier molecular flexibility index (Phi) is 6.23. The first-order valence-corrected chi connectivity index (χ1v) is 11.6. The van der Waals surface area contributed by atoms with Crippen LogP contribution in [0.5, 0.6) is 0 Å². The lowest BCUT2D eigenvalue weighted by atomic mass is 9.73. The molecule has 0 aliphatic carbocycles. The molecule has 0 bridgehead atoms. The molecule has 5 rings (SSSR count). The quantitative estimate of drug-likeness (QED) is 0.721. The van der Waals surface area contributed by atoms with E-state index in [9.17, 15) is 4.79 Å². The molecule has 32 heavy (non-hydrogen) atoms. The van der Waals surface area contributed by atoms with Gasteiger partial charge in [-0.25, -0.2) is 4.98 Å². The Balaban J connectivity index is 1.27. The fraction of sp³-hybridized carbons (Fsp3) is 0.542. The monoisotopic (exact) mass is 437 g/mol. The van der Waals surface area contributed by atoms with Gasteiger partial charge >= 0.3 is 0 Å². The highest BCUT2D eigenvalue weighted by atomic mass is 16.5. The van der Waals surface area contributed by atoms with Crippen LogP contribution in [0.25, 0.3) is 0 Å². The van der Waals surface area contributed by atoms with Gasteiger partial charge in [0.05, 0.1) is 18.6 Å². The molecule has 8 nitrogen and oxygen atoms in total. The molecule has 0 N–H and O–H groups in total. The Labute approximate surface area is 189 Å². The number of ether oxygens (including phenoxy) is 2. The second kappa shape index (κ2) is 9.42. The second-order valence-electron chi connectivity index (χ2n) is 8.65. The van der Waals surface area contributed by atoms with Crippen LogP contribution in [0.3, 0.4) is 0 Å². The van der Waals surface area contributed by atoms with E-state index in [0.717, 1.165) is 56.4 Å². The van der Waals surface area contributed by atoms with E-state index in [1.165, 1.54) is 0 Å². The number of carbonyl (C=O) groups is 1. The Morgan fingerprint density at radius 1 is 0.812 bits per heavy atom. The van der Waals surface area contributed by atoms with Crippen LogP contribution in [0.2, 0.25) is 0 Å². The van der Waals surface area contributed by atoms with Crippen LogP contribution < -0.4 is 9.80 Å². The van der Waals surface area contributed by atoms with E-state index >= 15 is 0 Å². The number of anilines is 2. The van der Waals surface area contributed by atoms with Gasteiger partial charge < -0.3 is 24.2 Å². The summed E-state index contributed by atoms with van der Waals surface area (Å²) in [5.74, 6) is 1.93. The number of morpholine rings is 1. The predicted octanol–water partition coefficient (Wildman–Crippen LogP) is 1.71. The van der Waals surface area contributed by atoms with Crippen molar-refractivity contribution in [1.82, 2.24) is 14.9 Å². The molecule has 3 aliphatic rings. The summed E-state index contributed by atoms with van der Waals surface area (Å²) in [4.78, 5) is 29.5. The molecule has 0 saturated carbocycles. The first kappa shape index (κ1) is 21.2. The minimum Gasteiger partial charge on any atom is -0.381 e. The number of piperazine rings is 1. The molecular weight excluding hydrogens is 406 g/mol. The average molecular weight is 438 g/mol. The Morgan fingerprint density at radius 3 is 2.22 bits per heavy atom. The molecule has 3 aliphatic heterocycles. The summed E-state index contributed by atoms with van der Waals surface area (Å²) in [6.45, 7) is 7.26. The van der Waals surface area contributed by atoms with Crippen LogP contribution >= 0.6 is 0 Å². The van der Waals surface area contributed by atoms with Gasteiger partial charge in [0.25, 0.3) is 0 Å². The van der Waals surface area contributed by atoms with Gasteiger partial charge in [-0.2, -0.15) is 4.98 Å². The van der Waals surface area contributed by atoms with Gasteiger partial charge in [0.1, 0.15) is 5.82 Å². The van der Waals surface area contributed by atoms with Crippen molar-refractivity contribution in [2.45, 2.75) is 18.3 Å². The standard InChI is InChI=1S/C24H31N5O3/c30-22(24(7-16-31-17-8-24)20-4-2-1-3-5-20)28-12-10-27(11-13-28)21-6-9-25-23(26-21)29-14-18-32-19-15-29/h1-6,9H,7-8,10-19H2. The van der Waals surface area contributed by atoms with Gasteiger partial charge in [0.15, 0.2) is 0 Å². The predicted molar refractivity (Wildman–Crippen MR) is 122 cm³/mol. The number of nitrogens with zero attached hydrogens (tertiary/aromatic N) is 5. The maximum atomic E-state index is 13.8. The molecule has 3 fully saturated rings. The summed E-state index contributed by atoms with van der Waals surface area (Å²) in [6.07, 6.45) is 3.31. The summed E-state index contributed by atoms with van der Waals surface area (Å²) in [7, 11) is 0. The highest BCUT2D eigenvalue weighted by Crippen LogP contribution is 2.37. The zero-order valence-corrected chi connectivity index (χ0v) is 18.5. The van der Waals surface area contributed by atoms with Crippen LogP contribution in [0.4, 0.5) is 11.8 Å². The second-order valence-corrected chi connectivity index (χ2v) is 8.65. The minimum absolute atomic E-state index is 0.239. The van der Waals surface area contributed by atoms with Crippen molar-refractivity contribution in [1.29, 1.82) is 0 Å². The number of hydrogen-bond donors (Lipinski definition) is 0. The molecule has 1 aromatic carbocycles. The molecule has 8 heteroatoms. The SMILES string of the molecule is O=C(N1CCN(c2ccnc(N3CCOCC3)n2)CC1)C1(c2ccccc2)CCOCC1. The van der Waals surface area contributed by atoms with Gasteiger partial charge in [-0.3, -0.25) is 4.79 Å². The summed E-state index contributed by atoms with van der Waals surface area (Å²) in [5, 5.41) is 0. The van der Waals surface area contributed by atoms with Gasteiger partial charge in [0.2, 0.25) is 11.9 Å². The van der Waals surface area contributed by atoms with Gasteiger partial charge in [-0.15, -0.1) is 0 Å². The lowest BCUT2D eigenvalue weighted by molar-refractivity contribution is -0.141. The van der Waals surface area contributed by atoms with Gasteiger partial charge in [-0.1, -0.05) is 30.3 Å². The number of benzene rings is 1. The third kappa shape index (κ3) is 4.17. The first-order valence-electron chi connectivity index (χ1n) is 11.6. The van der Waals surface area contributed by atoms with E-state index < -0.39 is 5.41 Å². The minimum atomic E-state index is -0.472. The molecule has 170 valence electrons. The number of aromatic nitrogens is 2. The van der Waals surface area contributed by atoms with E-state index in [4.69, 9.17) is 14.5 Å². The van der Waals surface area contributed by atoms with Crippen molar-refractivity contribution in [3.63, 3.8) is 0 Å².